The molecular weight excluding hydrogens is 294 g/mol. The SMILES string of the molecule is CCNC(Cc1c(Cl)c(C)nn1C)c1snnc1CC. The summed E-state index contributed by atoms with van der Waals surface area (Å²) in [5, 5.41) is 12.8. The number of halogens is 1. The van der Waals surface area contributed by atoms with Gasteiger partial charge in [-0.05, 0) is 31.4 Å². The third-order valence-corrected chi connectivity index (χ3v) is 4.72. The van der Waals surface area contributed by atoms with E-state index in [1.165, 1.54) is 16.4 Å². The minimum Gasteiger partial charge on any atom is -0.309 e. The van der Waals surface area contributed by atoms with Crippen molar-refractivity contribution in [2.24, 2.45) is 7.05 Å². The largest absolute Gasteiger partial charge is 0.309 e. The molecule has 2 aromatic heterocycles. The average Bonchev–Trinajstić information content (AvgIpc) is 2.98. The van der Waals surface area contributed by atoms with Crippen LogP contribution < -0.4 is 5.32 Å². The molecule has 0 radical (unpaired) electrons. The minimum absolute atomic E-state index is 0.183. The van der Waals surface area contributed by atoms with Crippen LogP contribution in [0.5, 0.6) is 0 Å². The van der Waals surface area contributed by atoms with E-state index >= 15 is 0 Å². The van der Waals surface area contributed by atoms with Crippen LogP contribution in [0.4, 0.5) is 0 Å². The fourth-order valence-corrected chi connectivity index (χ4v) is 3.37. The molecule has 0 fully saturated rings. The van der Waals surface area contributed by atoms with Crippen molar-refractivity contribution in [3.63, 3.8) is 0 Å². The van der Waals surface area contributed by atoms with Crippen molar-refractivity contribution < 1.29 is 0 Å². The van der Waals surface area contributed by atoms with Gasteiger partial charge in [-0.25, -0.2) is 0 Å². The van der Waals surface area contributed by atoms with E-state index in [0.717, 1.165) is 41.5 Å². The van der Waals surface area contributed by atoms with E-state index < -0.39 is 0 Å². The van der Waals surface area contributed by atoms with Gasteiger partial charge in [-0.3, -0.25) is 4.68 Å². The third-order valence-electron chi connectivity index (χ3n) is 3.35. The highest BCUT2D eigenvalue weighted by molar-refractivity contribution is 7.05. The summed E-state index contributed by atoms with van der Waals surface area (Å²) in [6.45, 7) is 7.02. The topological polar surface area (TPSA) is 55.6 Å². The van der Waals surface area contributed by atoms with Crippen molar-refractivity contribution in [1.82, 2.24) is 24.7 Å². The van der Waals surface area contributed by atoms with Gasteiger partial charge in [0.2, 0.25) is 0 Å². The maximum absolute atomic E-state index is 6.35. The first-order valence-electron chi connectivity index (χ1n) is 6.80. The normalized spacial score (nSPS) is 12.8. The minimum atomic E-state index is 0.183. The summed E-state index contributed by atoms with van der Waals surface area (Å²) in [6.07, 6.45) is 1.69. The number of nitrogens with one attached hydrogen (secondary N) is 1. The van der Waals surface area contributed by atoms with Gasteiger partial charge in [0.05, 0.1) is 33.0 Å². The first-order valence-corrected chi connectivity index (χ1v) is 7.96. The Kier molecular flexibility index (Phi) is 5.12. The van der Waals surface area contributed by atoms with E-state index in [1.54, 1.807) is 0 Å². The van der Waals surface area contributed by atoms with Gasteiger partial charge in [0.15, 0.2) is 0 Å². The quantitative estimate of drug-likeness (QED) is 0.891. The molecule has 20 heavy (non-hydrogen) atoms. The van der Waals surface area contributed by atoms with E-state index in [1.807, 2.05) is 18.7 Å². The molecule has 0 bridgehead atoms. The predicted octanol–water partition coefficient (Wildman–Crippen LogP) is 2.69. The van der Waals surface area contributed by atoms with Crippen LogP contribution >= 0.6 is 23.1 Å². The van der Waals surface area contributed by atoms with E-state index in [4.69, 9.17) is 11.6 Å². The van der Waals surface area contributed by atoms with Crippen LogP contribution in [0.25, 0.3) is 0 Å². The molecule has 2 heterocycles. The molecule has 0 saturated carbocycles. The molecule has 5 nitrogen and oxygen atoms in total. The zero-order chi connectivity index (χ0) is 14.7. The molecule has 2 rings (SSSR count). The second-order valence-corrected chi connectivity index (χ2v) is 5.89. The summed E-state index contributed by atoms with van der Waals surface area (Å²) < 4.78 is 5.95. The molecule has 110 valence electrons. The second kappa shape index (κ2) is 6.65. The molecular formula is C13H20ClN5S. The van der Waals surface area contributed by atoms with Crippen LogP contribution in [0.1, 0.15) is 41.8 Å². The van der Waals surface area contributed by atoms with Crippen molar-refractivity contribution in [1.29, 1.82) is 0 Å². The van der Waals surface area contributed by atoms with Crippen LogP contribution in [-0.2, 0) is 19.9 Å². The summed E-state index contributed by atoms with van der Waals surface area (Å²) in [5.74, 6) is 0. The summed E-state index contributed by atoms with van der Waals surface area (Å²) in [4.78, 5) is 1.20. The predicted molar refractivity (Wildman–Crippen MR) is 82.4 cm³/mol. The number of hydrogen-bond donors (Lipinski definition) is 1. The van der Waals surface area contributed by atoms with Crippen molar-refractivity contribution in [2.75, 3.05) is 6.54 Å². The molecule has 0 amide bonds. The molecule has 1 unspecified atom stereocenters. The first kappa shape index (κ1) is 15.4. The van der Waals surface area contributed by atoms with Gasteiger partial charge >= 0.3 is 0 Å². The Labute approximate surface area is 128 Å². The number of hydrogen-bond acceptors (Lipinski definition) is 5. The number of nitrogens with zero attached hydrogens (tertiary/aromatic N) is 4. The van der Waals surface area contributed by atoms with Crippen LogP contribution in [0.3, 0.4) is 0 Å². The molecule has 0 aliphatic rings. The van der Waals surface area contributed by atoms with E-state index in [2.05, 4.69) is 33.8 Å². The smallest absolute Gasteiger partial charge is 0.0847 e. The van der Waals surface area contributed by atoms with Gasteiger partial charge < -0.3 is 5.32 Å². The maximum atomic E-state index is 6.35. The Morgan fingerprint density at radius 1 is 1.40 bits per heavy atom. The zero-order valence-electron chi connectivity index (χ0n) is 12.3. The fourth-order valence-electron chi connectivity index (χ4n) is 2.32. The third kappa shape index (κ3) is 3.02. The molecule has 2 aromatic rings. The van der Waals surface area contributed by atoms with E-state index in [-0.39, 0.29) is 6.04 Å². The lowest BCUT2D eigenvalue weighted by molar-refractivity contribution is 0.531. The van der Waals surface area contributed by atoms with Crippen molar-refractivity contribution in [3.05, 3.63) is 27.0 Å². The Balaban J connectivity index is 2.30. The maximum Gasteiger partial charge on any atom is 0.0847 e. The average molecular weight is 314 g/mol. The van der Waals surface area contributed by atoms with Gasteiger partial charge in [-0.1, -0.05) is 29.9 Å². The Hall–Kier alpha value is -0.980. The molecule has 0 aromatic carbocycles. The van der Waals surface area contributed by atoms with Gasteiger partial charge in [-0.15, -0.1) is 5.10 Å². The Morgan fingerprint density at radius 2 is 2.15 bits per heavy atom. The van der Waals surface area contributed by atoms with Crippen LogP contribution in [0.15, 0.2) is 0 Å². The van der Waals surface area contributed by atoms with Gasteiger partial charge in [0.25, 0.3) is 0 Å². The lowest BCUT2D eigenvalue weighted by Gasteiger charge is -2.17. The number of aryl methyl sites for hydroxylation is 3. The number of aromatic nitrogens is 4. The zero-order valence-corrected chi connectivity index (χ0v) is 13.8. The monoisotopic (exact) mass is 313 g/mol. The molecule has 7 heteroatoms. The lowest BCUT2D eigenvalue weighted by atomic mass is 10.1. The molecule has 0 aliphatic heterocycles. The van der Waals surface area contributed by atoms with Gasteiger partial charge in [0, 0.05) is 13.5 Å². The molecule has 0 spiro atoms. The van der Waals surface area contributed by atoms with E-state index in [0.29, 0.717) is 0 Å². The lowest BCUT2D eigenvalue weighted by Crippen LogP contribution is -2.24. The Bertz CT molecular complexity index is 577. The molecule has 0 aliphatic carbocycles. The van der Waals surface area contributed by atoms with Crippen LogP contribution in [0.2, 0.25) is 5.02 Å². The van der Waals surface area contributed by atoms with Crippen molar-refractivity contribution in [2.45, 2.75) is 39.7 Å². The number of rotatable bonds is 6. The highest BCUT2D eigenvalue weighted by Gasteiger charge is 2.22. The Morgan fingerprint density at radius 3 is 2.70 bits per heavy atom. The highest BCUT2D eigenvalue weighted by atomic mass is 35.5. The summed E-state index contributed by atoms with van der Waals surface area (Å²) in [6, 6.07) is 0.183. The molecule has 1 N–H and O–H groups in total. The van der Waals surface area contributed by atoms with Crippen LogP contribution in [-0.4, -0.2) is 25.9 Å². The highest BCUT2D eigenvalue weighted by Crippen LogP contribution is 2.28. The second-order valence-electron chi connectivity index (χ2n) is 4.72. The molecule has 1 atom stereocenters. The fraction of sp³-hybridized carbons (Fsp3) is 0.615. The summed E-state index contributed by atoms with van der Waals surface area (Å²) in [7, 11) is 1.93. The summed E-state index contributed by atoms with van der Waals surface area (Å²) in [5.41, 5.74) is 2.99. The van der Waals surface area contributed by atoms with E-state index in [9.17, 15) is 0 Å². The van der Waals surface area contributed by atoms with Gasteiger partial charge in [0.1, 0.15) is 0 Å². The van der Waals surface area contributed by atoms with Crippen molar-refractivity contribution in [3.8, 4) is 0 Å². The van der Waals surface area contributed by atoms with Gasteiger partial charge in [-0.2, -0.15) is 5.10 Å². The summed E-state index contributed by atoms with van der Waals surface area (Å²) >= 11 is 7.82. The van der Waals surface area contributed by atoms with Crippen LogP contribution in [0, 0.1) is 6.92 Å². The number of likely N-dealkylation sites (N-methyl/N-ethyl adjacent to an activating group) is 1. The van der Waals surface area contributed by atoms with Crippen molar-refractivity contribution >= 4 is 23.1 Å². The molecule has 0 saturated heterocycles. The first-order chi connectivity index (χ1) is 9.58. The standard InChI is InChI=1S/C13H20ClN5S/c1-5-9-13(20-18-16-9)10(15-6-2)7-11-12(14)8(3)17-19(11)4/h10,15H,5-7H2,1-4H3.